The van der Waals surface area contributed by atoms with Gasteiger partial charge >= 0.3 is 0 Å². The quantitative estimate of drug-likeness (QED) is 0.504. The van der Waals surface area contributed by atoms with E-state index in [2.05, 4.69) is 0 Å². The van der Waals surface area contributed by atoms with Crippen molar-refractivity contribution in [2.75, 3.05) is 12.9 Å². The Kier molecular flexibility index (Phi) is 6.93. The van der Waals surface area contributed by atoms with Crippen molar-refractivity contribution in [1.82, 2.24) is 14.5 Å². The summed E-state index contributed by atoms with van der Waals surface area (Å²) in [7, 11) is 1.77. The molecule has 2 aromatic carbocycles. The lowest BCUT2D eigenvalue weighted by atomic mass is 10.1. The van der Waals surface area contributed by atoms with Gasteiger partial charge in [-0.2, -0.15) is 0 Å². The van der Waals surface area contributed by atoms with Crippen LogP contribution in [0.15, 0.2) is 47.3 Å². The fraction of sp³-hybridized carbons (Fsp3) is 0.375. The minimum absolute atomic E-state index is 0.00320. The number of alkyl halides is 1. The van der Waals surface area contributed by atoms with Crippen LogP contribution in [0.25, 0.3) is 16.6 Å². The van der Waals surface area contributed by atoms with Crippen molar-refractivity contribution in [3.63, 3.8) is 0 Å². The molecule has 1 atom stereocenters. The van der Waals surface area contributed by atoms with Crippen LogP contribution in [0.5, 0.6) is 0 Å². The molecule has 0 aliphatic carbocycles. The first-order valence-electron chi connectivity index (χ1n) is 10.3. The molecule has 0 fully saturated rings. The Morgan fingerprint density at radius 3 is 2.57 bits per heavy atom. The maximum Gasteiger partial charge on any atom is 0.266 e. The number of carbonyl (C=O) groups is 1. The summed E-state index contributed by atoms with van der Waals surface area (Å²) in [6.45, 7) is 6.07. The van der Waals surface area contributed by atoms with E-state index in [0.29, 0.717) is 41.9 Å². The molecule has 6 heteroatoms. The third-order valence-electron chi connectivity index (χ3n) is 5.62. The van der Waals surface area contributed by atoms with E-state index in [-0.39, 0.29) is 17.5 Å². The van der Waals surface area contributed by atoms with Gasteiger partial charge in [-0.25, -0.2) is 4.98 Å². The number of halogens is 1. The molecule has 5 nitrogen and oxygen atoms in total. The Morgan fingerprint density at radius 2 is 1.90 bits per heavy atom. The smallest absolute Gasteiger partial charge is 0.266 e. The van der Waals surface area contributed by atoms with Gasteiger partial charge in [-0.3, -0.25) is 14.2 Å². The second-order valence-electron chi connectivity index (χ2n) is 7.62. The third-order valence-corrected chi connectivity index (χ3v) is 5.89. The number of benzene rings is 2. The summed E-state index contributed by atoms with van der Waals surface area (Å²) >= 11 is 5.77. The Bertz CT molecular complexity index is 1120. The number of hydrogen-bond donors (Lipinski definition) is 0. The highest BCUT2D eigenvalue weighted by Crippen LogP contribution is 2.26. The molecular weight excluding hydrogens is 398 g/mol. The molecule has 158 valence electrons. The summed E-state index contributed by atoms with van der Waals surface area (Å²) < 4.78 is 1.66. The van der Waals surface area contributed by atoms with Crippen LogP contribution in [-0.4, -0.2) is 33.3 Å². The number of rotatable bonds is 7. The van der Waals surface area contributed by atoms with E-state index in [1.165, 1.54) is 0 Å². The number of nitrogens with zero attached hydrogens (tertiary/aromatic N) is 3. The van der Waals surface area contributed by atoms with Gasteiger partial charge in [0.25, 0.3) is 5.56 Å². The molecule has 0 bridgehead atoms. The first-order valence-corrected chi connectivity index (χ1v) is 10.8. The van der Waals surface area contributed by atoms with Gasteiger partial charge < -0.3 is 4.90 Å². The summed E-state index contributed by atoms with van der Waals surface area (Å²) in [5.41, 5.74) is 3.52. The van der Waals surface area contributed by atoms with Crippen LogP contribution in [0.1, 0.15) is 49.2 Å². The maximum absolute atomic E-state index is 13.5. The zero-order valence-electron chi connectivity index (χ0n) is 18.0. The van der Waals surface area contributed by atoms with E-state index in [1.807, 2.05) is 57.2 Å². The summed E-state index contributed by atoms with van der Waals surface area (Å²) in [5.74, 6) is 1.01. The third kappa shape index (κ3) is 4.26. The number of carbonyl (C=O) groups excluding carboxylic acids is 1. The predicted molar refractivity (Wildman–Crippen MR) is 123 cm³/mol. The fourth-order valence-corrected chi connectivity index (χ4v) is 3.82. The average Bonchev–Trinajstić information content (AvgIpc) is 2.75. The van der Waals surface area contributed by atoms with Crippen molar-refractivity contribution in [2.45, 2.75) is 46.1 Å². The van der Waals surface area contributed by atoms with Gasteiger partial charge in [0.2, 0.25) is 5.91 Å². The van der Waals surface area contributed by atoms with Gasteiger partial charge in [-0.15, -0.1) is 11.6 Å². The van der Waals surface area contributed by atoms with Crippen LogP contribution in [-0.2, 0) is 4.79 Å². The van der Waals surface area contributed by atoms with Gasteiger partial charge in [0.05, 0.1) is 22.6 Å². The van der Waals surface area contributed by atoms with Crippen LogP contribution in [0.4, 0.5) is 0 Å². The lowest BCUT2D eigenvalue weighted by Crippen LogP contribution is -2.36. The molecule has 1 amide bonds. The number of hydrogen-bond acceptors (Lipinski definition) is 3. The predicted octanol–water partition coefficient (Wildman–Crippen LogP) is 4.93. The van der Waals surface area contributed by atoms with Crippen LogP contribution < -0.4 is 5.56 Å². The zero-order chi connectivity index (χ0) is 21.8. The molecular formula is C24H28ClN3O2. The van der Waals surface area contributed by atoms with Crippen molar-refractivity contribution < 1.29 is 4.79 Å². The van der Waals surface area contributed by atoms with Crippen molar-refractivity contribution in [1.29, 1.82) is 0 Å². The summed E-state index contributed by atoms with van der Waals surface area (Å²) in [5, 5.41) is 0.561. The molecule has 1 unspecified atom stereocenters. The van der Waals surface area contributed by atoms with Gasteiger partial charge in [-0.05, 0) is 62.1 Å². The van der Waals surface area contributed by atoms with Gasteiger partial charge in [0, 0.05) is 19.3 Å². The molecule has 3 rings (SSSR count). The SMILES string of the molecule is CCC(c1nc2ccccc2c(=O)n1-c1ccc(C)c(C)c1)N(C)C(=O)CCCCl. The van der Waals surface area contributed by atoms with Crippen molar-refractivity contribution in [2.24, 2.45) is 0 Å². The molecule has 0 radical (unpaired) electrons. The Morgan fingerprint density at radius 1 is 1.17 bits per heavy atom. The van der Waals surface area contributed by atoms with Gasteiger partial charge in [-0.1, -0.05) is 25.1 Å². The lowest BCUT2D eigenvalue weighted by molar-refractivity contribution is -0.132. The number of fused-ring (bicyclic) bond motifs is 1. The zero-order valence-corrected chi connectivity index (χ0v) is 18.7. The largest absolute Gasteiger partial charge is 0.336 e. The van der Waals surface area contributed by atoms with Crippen molar-refractivity contribution >= 4 is 28.4 Å². The lowest BCUT2D eigenvalue weighted by Gasteiger charge is -2.29. The first-order chi connectivity index (χ1) is 14.4. The topological polar surface area (TPSA) is 55.2 Å². The van der Waals surface area contributed by atoms with Crippen LogP contribution in [0.2, 0.25) is 0 Å². The molecule has 0 aliphatic heterocycles. The molecule has 3 aromatic rings. The fourth-order valence-electron chi connectivity index (χ4n) is 3.69. The molecule has 1 heterocycles. The monoisotopic (exact) mass is 425 g/mol. The highest BCUT2D eigenvalue weighted by atomic mass is 35.5. The van der Waals surface area contributed by atoms with Crippen LogP contribution in [0.3, 0.4) is 0 Å². The van der Waals surface area contributed by atoms with Gasteiger partial charge in [0.15, 0.2) is 0 Å². The van der Waals surface area contributed by atoms with Crippen molar-refractivity contribution in [3.8, 4) is 5.69 Å². The normalized spacial score (nSPS) is 12.2. The average molecular weight is 426 g/mol. The van der Waals surface area contributed by atoms with Crippen molar-refractivity contribution in [3.05, 3.63) is 69.8 Å². The summed E-state index contributed by atoms with van der Waals surface area (Å²) in [6.07, 6.45) is 1.63. The number of aromatic nitrogens is 2. The second kappa shape index (κ2) is 9.43. The summed E-state index contributed by atoms with van der Waals surface area (Å²) in [4.78, 5) is 32.8. The van der Waals surface area contributed by atoms with E-state index in [9.17, 15) is 9.59 Å². The summed E-state index contributed by atoms with van der Waals surface area (Å²) in [6, 6.07) is 13.0. The minimum Gasteiger partial charge on any atom is -0.336 e. The van der Waals surface area contributed by atoms with E-state index in [1.54, 1.807) is 22.6 Å². The highest BCUT2D eigenvalue weighted by molar-refractivity contribution is 6.17. The molecule has 0 saturated carbocycles. The second-order valence-corrected chi connectivity index (χ2v) is 8.00. The van der Waals surface area contributed by atoms with Gasteiger partial charge in [0.1, 0.15) is 5.82 Å². The maximum atomic E-state index is 13.5. The number of aryl methyl sites for hydroxylation is 2. The Balaban J connectivity index is 2.24. The first kappa shape index (κ1) is 22.0. The highest BCUT2D eigenvalue weighted by Gasteiger charge is 2.26. The molecule has 0 aliphatic rings. The molecule has 0 spiro atoms. The number of amides is 1. The molecule has 0 N–H and O–H groups in total. The van der Waals surface area contributed by atoms with Crippen LogP contribution in [0, 0.1) is 13.8 Å². The Labute approximate surface area is 182 Å². The number of para-hydroxylation sites is 1. The van der Waals surface area contributed by atoms with E-state index in [4.69, 9.17) is 16.6 Å². The van der Waals surface area contributed by atoms with E-state index < -0.39 is 0 Å². The van der Waals surface area contributed by atoms with E-state index in [0.717, 1.165) is 16.8 Å². The van der Waals surface area contributed by atoms with E-state index >= 15 is 0 Å². The minimum atomic E-state index is -0.327. The Hall–Kier alpha value is -2.66. The molecule has 1 aromatic heterocycles. The van der Waals surface area contributed by atoms with Crippen LogP contribution >= 0.6 is 11.6 Å². The standard InChI is InChI=1S/C24H28ClN3O2/c1-5-21(27(4)22(29)11-8-14-25)23-26-20-10-7-6-9-19(20)24(30)28(23)18-13-12-16(2)17(3)15-18/h6-7,9-10,12-13,15,21H,5,8,11,14H2,1-4H3. The molecule has 30 heavy (non-hydrogen) atoms. The molecule has 0 saturated heterocycles.